The van der Waals surface area contributed by atoms with E-state index in [1.807, 2.05) is 39.0 Å². The number of aliphatic hydroxyl groups is 1. The van der Waals surface area contributed by atoms with Crippen LogP contribution in [-0.4, -0.2) is 62.2 Å². The SMILES string of the molecule is CC(C)C(=O)Nc1ncnn2c([C@]3(C#N)O[C@H](COC(=O)Cc4ccccc4)[C@@H](CC(=O)[C@@H](N)C(C)(C)C)[C@H]3O)ccc12. The molecule has 0 unspecified atom stereocenters. The monoisotopic (exact) mass is 590 g/mol. The maximum Gasteiger partial charge on any atom is 0.310 e. The summed E-state index contributed by atoms with van der Waals surface area (Å²) in [6, 6.07) is 13.5. The molecule has 228 valence electrons. The summed E-state index contributed by atoms with van der Waals surface area (Å²) in [7, 11) is 0. The number of nitrogens with one attached hydrogen (secondary N) is 1. The minimum atomic E-state index is -1.99. The molecule has 4 rings (SSSR count). The van der Waals surface area contributed by atoms with E-state index in [1.54, 1.807) is 38.1 Å². The molecule has 1 fully saturated rings. The summed E-state index contributed by atoms with van der Waals surface area (Å²) in [6.07, 6.45) is -1.52. The van der Waals surface area contributed by atoms with Gasteiger partial charge in [0.05, 0.1) is 18.2 Å². The number of carbonyl (C=O) groups is 3. The Balaban J connectivity index is 1.67. The third-order valence-electron chi connectivity index (χ3n) is 7.72. The number of nitrogens with two attached hydrogens (primary N) is 1. The fourth-order valence-corrected chi connectivity index (χ4v) is 5.07. The molecular weight excluding hydrogens is 552 g/mol. The van der Waals surface area contributed by atoms with Gasteiger partial charge < -0.3 is 25.6 Å². The Morgan fingerprint density at radius 3 is 2.53 bits per heavy atom. The largest absolute Gasteiger partial charge is 0.463 e. The second-order valence-electron chi connectivity index (χ2n) is 12.2. The Labute approximate surface area is 250 Å². The van der Waals surface area contributed by atoms with Crippen molar-refractivity contribution in [2.45, 2.75) is 71.3 Å². The summed E-state index contributed by atoms with van der Waals surface area (Å²) < 4.78 is 13.2. The van der Waals surface area contributed by atoms with Crippen LogP contribution in [0.15, 0.2) is 48.8 Å². The van der Waals surface area contributed by atoms with Crippen LogP contribution in [0.3, 0.4) is 0 Å². The predicted octanol–water partition coefficient (Wildman–Crippen LogP) is 2.54. The van der Waals surface area contributed by atoms with Crippen LogP contribution < -0.4 is 11.1 Å². The maximum absolute atomic E-state index is 13.3. The predicted molar refractivity (Wildman–Crippen MR) is 156 cm³/mol. The van der Waals surface area contributed by atoms with Gasteiger partial charge in [-0.25, -0.2) is 9.50 Å². The van der Waals surface area contributed by atoms with E-state index in [0.717, 1.165) is 5.56 Å². The molecule has 1 aliphatic rings. The van der Waals surface area contributed by atoms with Crippen molar-refractivity contribution in [3.8, 4) is 6.07 Å². The van der Waals surface area contributed by atoms with E-state index in [-0.39, 0.29) is 48.6 Å². The Hall–Kier alpha value is -4.18. The minimum absolute atomic E-state index is 0.0170. The normalized spacial score (nSPS) is 22.7. The number of fused-ring (bicyclic) bond motifs is 1. The Morgan fingerprint density at radius 2 is 1.91 bits per heavy atom. The number of rotatable bonds is 10. The van der Waals surface area contributed by atoms with Gasteiger partial charge in [-0.2, -0.15) is 10.4 Å². The standard InChI is InChI=1S/C31H38N6O6/c1-18(2)29(41)36-28-21-11-12-24(37(21)35-17-34-28)31(16-32)27(40)20(14-22(38)26(33)30(3,4)5)23(43-31)15-42-25(39)13-19-9-7-6-8-10-19/h6-12,17-18,20,23,26-27,40H,13-15,33H2,1-5H3,(H,34,35,36,41)/t20-,23-,26-,27-,31+/m1/s1. The summed E-state index contributed by atoms with van der Waals surface area (Å²) in [4.78, 5) is 42.5. The molecule has 43 heavy (non-hydrogen) atoms. The van der Waals surface area contributed by atoms with Crippen LogP contribution >= 0.6 is 0 Å². The molecule has 3 aromatic rings. The number of carbonyl (C=O) groups excluding carboxylic acids is 3. The van der Waals surface area contributed by atoms with E-state index in [0.29, 0.717) is 5.52 Å². The van der Waals surface area contributed by atoms with Crippen molar-refractivity contribution in [3.05, 3.63) is 60.0 Å². The molecule has 5 atom stereocenters. The number of aliphatic hydroxyl groups excluding tert-OH is 1. The molecule has 0 spiro atoms. The zero-order valence-corrected chi connectivity index (χ0v) is 25.0. The highest BCUT2D eigenvalue weighted by Crippen LogP contribution is 2.45. The summed E-state index contributed by atoms with van der Waals surface area (Å²) >= 11 is 0. The van der Waals surface area contributed by atoms with Crippen molar-refractivity contribution >= 4 is 29.0 Å². The van der Waals surface area contributed by atoms with Crippen molar-refractivity contribution in [1.29, 1.82) is 5.26 Å². The Morgan fingerprint density at radius 1 is 1.21 bits per heavy atom. The lowest BCUT2D eigenvalue weighted by Gasteiger charge is -2.28. The highest BCUT2D eigenvalue weighted by atomic mass is 16.6. The lowest BCUT2D eigenvalue weighted by Crippen LogP contribution is -2.45. The number of hydrogen-bond donors (Lipinski definition) is 3. The van der Waals surface area contributed by atoms with Gasteiger partial charge in [0.1, 0.15) is 36.7 Å². The van der Waals surface area contributed by atoms with Crippen LogP contribution in [0.25, 0.3) is 5.52 Å². The molecule has 1 aromatic carbocycles. The summed E-state index contributed by atoms with van der Waals surface area (Å²) in [5.41, 5.74) is 5.00. The van der Waals surface area contributed by atoms with Crippen molar-refractivity contribution in [2.75, 3.05) is 11.9 Å². The van der Waals surface area contributed by atoms with Gasteiger partial charge >= 0.3 is 5.97 Å². The summed E-state index contributed by atoms with van der Waals surface area (Å²) in [5, 5.41) is 29.2. The van der Waals surface area contributed by atoms with E-state index in [4.69, 9.17) is 15.2 Å². The van der Waals surface area contributed by atoms with Gasteiger partial charge in [-0.3, -0.25) is 14.4 Å². The van der Waals surface area contributed by atoms with Crippen molar-refractivity contribution in [3.63, 3.8) is 0 Å². The first-order chi connectivity index (χ1) is 20.3. The van der Waals surface area contributed by atoms with Crippen LogP contribution in [0, 0.1) is 28.6 Å². The van der Waals surface area contributed by atoms with Crippen LogP contribution in [-0.2, 0) is 35.9 Å². The van der Waals surface area contributed by atoms with Gasteiger partial charge in [0.25, 0.3) is 0 Å². The minimum Gasteiger partial charge on any atom is -0.463 e. The van der Waals surface area contributed by atoms with Gasteiger partial charge in [0, 0.05) is 18.3 Å². The number of benzene rings is 1. The zero-order chi connectivity index (χ0) is 31.5. The third-order valence-corrected chi connectivity index (χ3v) is 7.72. The molecule has 0 saturated carbocycles. The van der Waals surface area contributed by atoms with Crippen LogP contribution in [0.5, 0.6) is 0 Å². The van der Waals surface area contributed by atoms with E-state index in [1.165, 1.54) is 10.8 Å². The van der Waals surface area contributed by atoms with Gasteiger partial charge in [-0.15, -0.1) is 0 Å². The molecule has 3 heterocycles. The number of hydrogen-bond acceptors (Lipinski definition) is 10. The first kappa shape index (κ1) is 31.7. The molecule has 1 saturated heterocycles. The van der Waals surface area contributed by atoms with Crippen molar-refractivity contribution in [2.24, 2.45) is 23.0 Å². The number of ether oxygens (including phenoxy) is 2. The zero-order valence-electron chi connectivity index (χ0n) is 25.0. The highest BCUT2D eigenvalue weighted by molar-refractivity contribution is 5.94. The van der Waals surface area contributed by atoms with Crippen LogP contribution in [0.4, 0.5) is 5.82 Å². The van der Waals surface area contributed by atoms with Gasteiger partial charge in [0.2, 0.25) is 11.5 Å². The van der Waals surface area contributed by atoms with Gasteiger partial charge in [-0.1, -0.05) is 65.0 Å². The van der Waals surface area contributed by atoms with Crippen LogP contribution in [0.1, 0.15) is 52.3 Å². The quantitative estimate of drug-likeness (QED) is 0.297. The molecule has 4 N–H and O–H groups in total. The number of amides is 1. The maximum atomic E-state index is 13.3. The molecule has 0 aliphatic carbocycles. The Bertz CT molecular complexity index is 1520. The third kappa shape index (κ3) is 6.59. The molecule has 0 radical (unpaired) electrons. The number of nitriles is 1. The molecule has 0 bridgehead atoms. The Kier molecular flexibility index (Phi) is 9.29. The lowest BCUT2D eigenvalue weighted by molar-refractivity contribution is -0.149. The second kappa shape index (κ2) is 12.6. The number of Topliss-reactive ketones (excluding diaryl/α,β-unsaturated/α-hetero) is 1. The van der Waals surface area contributed by atoms with Gasteiger partial charge in [0.15, 0.2) is 11.6 Å². The number of nitrogens with zero attached hydrogens (tertiary/aromatic N) is 4. The average Bonchev–Trinajstić information content (AvgIpc) is 3.51. The number of aromatic nitrogens is 3. The molecule has 12 nitrogen and oxygen atoms in total. The van der Waals surface area contributed by atoms with Crippen molar-refractivity contribution < 1.29 is 29.0 Å². The average molecular weight is 591 g/mol. The smallest absolute Gasteiger partial charge is 0.310 e. The molecule has 1 amide bonds. The first-order valence-corrected chi connectivity index (χ1v) is 14.2. The number of anilines is 1. The summed E-state index contributed by atoms with van der Waals surface area (Å²) in [5.74, 6) is -2.14. The lowest BCUT2D eigenvalue weighted by atomic mass is 9.78. The summed E-state index contributed by atoms with van der Waals surface area (Å²) in [6.45, 7) is 8.68. The fraction of sp³-hybridized carbons (Fsp3) is 0.484. The highest BCUT2D eigenvalue weighted by Gasteiger charge is 2.58. The number of ketones is 1. The fourth-order valence-electron chi connectivity index (χ4n) is 5.07. The van der Waals surface area contributed by atoms with Crippen LogP contribution in [0.2, 0.25) is 0 Å². The van der Waals surface area contributed by atoms with E-state index in [9.17, 15) is 24.8 Å². The second-order valence-corrected chi connectivity index (χ2v) is 12.2. The van der Waals surface area contributed by atoms with Crippen molar-refractivity contribution in [1.82, 2.24) is 14.6 Å². The molecular formula is C31H38N6O6. The van der Waals surface area contributed by atoms with E-state index >= 15 is 0 Å². The van der Waals surface area contributed by atoms with E-state index < -0.39 is 41.2 Å². The first-order valence-electron chi connectivity index (χ1n) is 14.2. The van der Waals surface area contributed by atoms with Gasteiger partial charge in [-0.05, 0) is 23.1 Å². The molecule has 2 aromatic heterocycles. The number of esters is 1. The molecule has 12 heteroatoms. The van der Waals surface area contributed by atoms with E-state index in [2.05, 4.69) is 21.5 Å². The molecule has 1 aliphatic heterocycles. The topological polar surface area (TPSA) is 182 Å².